The molecule has 2 heterocycles. The van der Waals surface area contributed by atoms with Gasteiger partial charge >= 0.3 is 0 Å². The lowest BCUT2D eigenvalue weighted by Crippen LogP contribution is -2.25. The van der Waals surface area contributed by atoms with Crippen molar-refractivity contribution in [3.63, 3.8) is 0 Å². The number of aryl methyl sites for hydroxylation is 1. The molecule has 4 rings (SSSR count). The van der Waals surface area contributed by atoms with Gasteiger partial charge in [0.15, 0.2) is 0 Å². The van der Waals surface area contributed by atoms with Gasteiger partial charge in [-0.15, -0.1) is 0 Å². The fraction of sp³-hybridized carbons (Fsp3) is 0.280. The minimum atomic E-state index is -0.0729. The standard InChI is InChI=1S/C25H24N2O2/c1-18-14-24(29-17-22-4-3-13-26-16-22)15-25(28)27(18)19(2)23-11-9-21(10-12-23)8-7-20-5-6-20/h3-4,9-16,19-20H,5-6,17H2,1-2H3/t19-/m1/s1. The van der Waals surface area contributed by atoms with Crippen LogP contribution in [0.5, 0.6) is 5.75 Å². The van der Waals surface area contributed by atoms with Crippen LogP contribution < -0.4 is 10.3 Å². The molecule has 4 nitrogen and oxygen atoms in total. The molecular weight excluding hydrogens is 360 g/mol. The minimum Gasteiger partial charge on any atom is -0.489 e. The molecule has 0 aliphatic heterocycles. The Morgan fingerprint density at radius 3 is 2.66 bits per heavy atom. The number of hydrogen-bond acceptors (Lipinski definition) is 3. The molecule has 2 aromatic heterocycles. The molecular formula is C25H24N2O2. The number of benzene rings is 1. The zero-order valence-corrected chi connectivity index (χ0v) is 16.8. The maximum atomic E-state index is 12.8. The van der Waals surface area contributed by atoms with Crippen molar-refractivity contribution in [2.75, 3.05) is 0 Å². The first kappa shape index (κ1) is 19.0. The molecule has 4 heteroatoms. The normalized spacial score (nSPS) is 14.0. The van der Waals surface area contributed by atoms with Crippen molar-refractivity contribution in [2.24, 2.45) is 5.92 Å². The van der Waals surface area contributed by atoms with Gasteiger partial charge in [-0.05, 0) is 56.5 Å². The molecule has 0 N–H and O–H groups in total. The Balaban J connectivity index is 1.50. The Morgan fingerprint density at radius 2 is 2.00 bits per heavy atom. The van der Waals surface area contributed by atoms with Gasteiger partial charge in [-0.1, -0.05) is 30.0 Å². The molecule has 1 aliphatic carbocycles. The molecule has 1 aliphatic rings. The first-order valence-electron chi connectivity index (χ1n) is 9.96. The lowest BCUT2D eigenvalue weighted by molar-refractivity contribution is 0.303. The van der Waals surface area contributed by atoms with Crippen molar-refractivity contribution >= 4 is 0 Å². The number of hydrogen-bond donors (Lipinski definition) is 0. The average molecular weight is 384 g/mol. The highest BCUT2D eigenvalue weighted by atomic mass is 16.5. The molecule has 3 aromatic rings. The van der Waals surface area contributed by atoms with E-state index < -0.39 is 0 Å². The zero-order valence-electron chi connectivity index (χ0n) is 16.8. The lowest BCUT2D eigenvalue weighted by atomic mass is 10.1. The van der Waals surface area contributed by atoms with Crippen LogP contribution in [0.3, 0.4) is 0 Å². The van der Waals surface area contributed by atoms with Crippen LogP contribution in [0.25, 0.3) is 0 Å². The summed E-state index contributed by atoms with van der Waals surface area (Å²) in [5.74, 6) is 7.68. The van der Waals surface area contributed by atoms with Crippen molar-refractivity contribution in [1.82, 2.24) is 9.55 Å². The van der Waals surface area contributed by atoms with Gasteiger partial charge in [0.2, 0.25) is 0 Å². The van der Waals surface area contributed by atoms with E-state index in [0.717, 1.165) is 22.4 Å². The van der Waals surface area contributed by atoms with Crippen molar-refractivity contribution in [1.29, 1.82) is 0 Å². The summed E-state index contributed by atoms with van der Waals surface area (Å²) in [6.07, 6.45) is 5.94. The Kier molecular flexibility index (Phi) is 5.48. The van der Waals surface area contributed by atoms with Gasteiger partial charge in [0, 0.05) is 41.2 Å². The topological polar surface area (TPSA) is 44.1 Å². The second-order valence-electron chi connectivity index (χ2n) is 7.53. The summed E-state index contributed by atoms with van der Waals surface area (Å²) in [4.78, 5) is 16.9. The fourth-order valence-electron chi connectivity index (χ4n) is 3.32. The summed E-state index contributed by atoms with van der Waals surface area (Å²) in [7, 11) is 0. The Hall–Kier alpha value is -3.32. The van der Waals surface area contributed by atoms with E-state index in [1.54, 1.807) is 23.0 Å². The van der Waals surface area contributed by atoms with E-state index in [1.807, 2.05) is 44.2 Å². The number of rotatable bonds is 5. The highest BCUT2D eigenvalue weighted by Crippen LogP contribution is 2.27. The first-order chi connectivity index (χ1) is 14.1. The van der Waals surface area contributed by atoms with Crippen LogP contribution in [-0.2, 0) is 6.61 Å². The molecule has 0 bridgehead atoms. The Labute approximate surface area is 171 Å². The fourth-order valence-corrected chi connectivity index (χ4v) is 3.32. The third kappa shape index (κ3) is 4.75. The summed E-state index contributed by atoms with van der Waals surface area (Å²) >= 11 is 0. The maximum Gasteiger partial charge on any atom is 0.254 e. The van der Waals surface area contributed by atoms with E-state index >= 15 is 0 Å². The smallest absolute Gasteiger partial charge is 0.254 e. The van der Waals surface area contributed by atoms with Gasteiger partial charge in [0.25, 0.3) is 5.56 Å². The van der Waals surface area contributed by atoms with Crippen LogP contribution in [-0.4, -0.2) is 9.55 Å². The van der Waals surface area contributed by atoms with Crippen LogP contribution in [0.15, 0.2) is 65.7 Å². The van der Waals surface area contributed by atoms with Crippen LogP contribution in [0.2, 0.25) is 0 Å². The van der Waals surface area contributed by atoms with E-state index in [1.165, 1.54) is 12.8 Å². The second-order valence-corrected chi connectivity index (χ2v) is 7.53. The molecule has 0 spiro atoms. The van der Waals surface area contributed by atoms with E-state index in [0.29, 0.717) is 18.3 Å². The molecule has 1 saturated carbocycles. The maximum absolute atomic E-state index is 12.8. The summed E-state index contributed by atoms with van der Waals surface area (Å²) in [6.45, 7) is 4.36. The van der Waals surface area contributed by atoms with Gasteiger partial charge in [0.1, 0.15) is 12.4 Å². The van der Waals surface area contributed by atoms with E-state index in [9.17, 15) is 4.79 Å². The number of ether oxygens (including phenoxy) is 1. The van der Waals surface area contributed by atoms with Gasteiger partial charge < -0.3 is 9.30 Å². The number of aromatic nitrogens is 2. The van der Waals surface area contributed by atoms with Crippen molar-refractivity contribution < 1.29 is 4.74 Å². The summed E-state index contributed by atoms with van der Waals surface area (Å²) < 4.78 is 7.59. The predicted molar refractivity (Wildman–Crippen MR) is 114 cm³/mol. The van der Waals surface area contributed by atoms with Crippen molar-refractivity contribution in [2.45, 2.75) is 39.3 Å². The third-order valence-electron chi connectivity index (χ3n) is 5.14. The average Bonchev–Trinajstić information content (AvgIpc) is 3.56. The molecule has 1 aromatic carbocycles. The minimum absolute atomic E-state index is 0.0692. The highest BCUT2D eigenvalue weighted by Gasteiger charge is 2.18. The molecule has 0 amide bonds. The van der Waals surface area contributed by atoms with E-state index in [4.69, 9.17) is 4.74 Å². The van der Waals surface area contributed by atoms with Crippen LogP contribution in [0, 0.1) is 24.7 Å². The largest absolute Gasteiger partial charge is 0.489 e. The second kappa shape index (κ2) is 8.36. The van der Waals surface area contributed by atoms with E-state index in [-0.39, 0.29) is 11.6 Å². The number of nitrogens with zero attached hydrogens (tertiary/aromatic N) is 2. The molecule has 1 atom stereocenters. The zero-order chi connectivity index (χ0) is 20.2. The Morgan fingerprint density at radius 1 is 1.21 bits per heavy atom. The monoisotopic (exact) mass is 384 g/mol. The van der Waals surface area contributed by atoms with Crippen molar-refractivity contribution in [3.05, 3.63) is 93.7 Å². The quantitative estimate of drug-likeness (QED) is 0.608. The van der Waals surface area contributed by atoms with Gasteiger partial charge in [-0.2, -0.15) is 0 Å². The highest BCUT2D eigenvalue weighted by molar-refractivity contribution is 5.38. The summed E-state index contributed by atoms with van der Waals surface area (Å²) in [5.41, 5.74) is 3.86. The van der Waals surface area contributed by atoms with Gasteiger partial charge in [0.05, 0.1) is 6.04 Å². The molecule has 0 saturated heterocycles. The number of pyridine rings is 2. The molecule has 146 valence electrons. The summed E-state index contributed by atoms with van der Waals surface area (Å²) in [6, 6.07) is 15.4. The molecule has 1 fully saturated rings. The summed E-state index contributed by atoms with van der Waals surface area (Å²) in [5, 5.41) is 0. The van der Waals surface area contributed by atoms with Crippen LogP contribution in [0.1, 0.15) is 48.2 Å². The van der Waals surface area contributed by atoms with Gasteiger partial charge in [-0.25, -0.2) is 0 Å². The van der Waals surface area contributed by atoms with E-state index in [2.05, 4.69) is 29.0 Å². The third-order valence-corrected chi connectivity index (χ3v) is 5.14. The predicted octanol–water partition coefficient (Wildman–Crippen LogP) is 4.50. The molecule has 0 radical (unpaired) electrons. The molecule has 29 heavy (non-hydrogen) atoms. The van der Waals surface area contributed by atoms with Crippen molar-refractivity contribution in [3.8, 4) is 17.6 Å². The lowest BCUT2D eigenvalue weighted by Gasteiger charge is -2.19. The van der Waals surface area contributed by atoms with Gasteiger partial charge in [-0.3, -0.25) is 9.78 Å². The van der Waals surface area contributed by atoms with Crippen LogP contribution >= 0.6 is 0 Å². The Bertz CT molecular complexity index is 1100. The SMILES string of the molecule is Cc1cc(OCc2cccnc2)cc(=O)n1[C@H](C)c1ccc(C#CC2CC2)cc1. The first-order valence-corrected chi connectivity index (χ1v) is 9.96. The van der Waals surface area contributed by atoms with Crippen LogP contribution in [0.4, 0.5) is 0 Å². The molecule has 0 unspecified atom stereocenters.